The molecule has 1 fully saturated rings. The SMILES string of the molecule is CC.CC.CC.CC.COc1ccc(C2(c3ccc(OC(C)=O)cc3)CC(C)CC(C)(C)C2)cc1. The van der Waals surface area contributed by atoms with E-state index in [0.717, 1.165) is 18.6 Å². The predicted octanol–water partition coefficient (Wildman–Crippen LogP) is 9.86. The summed E-state index contributed by atoms with van der Waals surface area (Å²) in [6.45, 7) is 24.5. The van der Waals surface area contributed by atoms with Crippen molar-refractivity contribution in [2.75, 3.05) is 7.11 Å². The quantitative estimate of drug-likeness (QED) is 0.318. The molecule has 0 amide bonds. The molecule has 3 nitrogen and oxygen atoms in total. The first-order valence-corrected chi connectivity index (χ1v) is 13.7. The molecule has 0 aliphatic heterocycles. The molecule has 2 atom stereocenters. The van der Waals surface area contributed by atoms with E-state index in [1.54, 1.807) is 7.11 Å². The van der Waals surface area contributed by atoms with Gasteiger partial charge in [-0.15, -0.1) is 0 Å². The van der Waals surface area contributed by atoms with Crippen LogP contribution >= 0.6 is 0 Å². The number of carbonyl (C=O) groups is 1. The van der Waals surface area contributed by atoms with Gasteiger partial charge >= 0.3 is 5.97 Å². The van der Waals surface area contributed by atoms with Crippen molar-refractivity contribution in [1.29, 1.82) is 0 Å². The number of hydrogen-bond donors (Lipinski definition) is 0. The first kappa shape index (κ1) is 34.9. The normalized spacial score (nSPS) is 19.4. The van der Waals surface area contributed by atoms with Gasteiger partial charge in [-0.3, -0.25) is 4.79 Å². The highest BCUT2D eigenvalue weighted by atomic mass is 16.5. The van der Waals surface area contributed by atoms with E-state index in [1.807, 2.05) is 67.5 Å². The number of rotatable bonds is 4. The highest BCUT2D eigenvalue weighted by molar-refractivity contribution is 5.69. The molecule has 2 aromatic rings. The maximum atomic E-state index is 11.2. The first-order valence-electron chi connectivity index (χ1n) is 13.7. The maximum absolute atomic E-state index is 11.2. The van der Waals surface area contributed by atoms with Crippen LogP contribution in [0.15, 0.2) is 48.5 Å². The molecule has 0 N–H and O–H groups in total. The molecule has 0 spiro atoms. The molecule has 1 aliphatic rings. The molecule has 0 heterocycles. The van der Waals surface area contributed by atoms with Gasteiger partial charge in [-0.25, -0.2) is 0 Å². The average Bonchev–Trinajstić information content (AvgIpc) is 2.88. The van der Waals surface area contributed by atoms with Gasteiger partial charge in [0.15, 0.2) is 0 Å². The lowest BCUT2D eigenvalue weighted by Gasteiger charge is -2.48. The van der Waals surface area contributed by atoms with Gasteiger partial charge in [0, 0.05) is 12.3 Å². The van der Waals surface area contributed by atoms with Gasteiger partial charge in [0.1, 0.15) is 11.5 Å². The van der Waals surface area contributed by atoms with Crippen molar-refractivity contribution >= 4 is 5.97 Å². The van der Waals surface area contributed by atoms with Crippen LogP contribution in [0.2, 0.25) is 0 Å². The Hall–Kier alpha value is -2.29. The van der Waals surface area contributed by atoms with Crippen molar-refractivity contribution in [2.24, 2.45) is 11.3 Å². The molecule has 3 rings (SSSR count). The Labute approximate surface area is 217 Å². The summed E-state index contributed by atoms with van der Waals surface area (Å²) in [6.07, 6.45) is 3.43. The minimum Gasteiger partial charge on any atom is -0.497 e. The molecule has 35 heavy (non-hydrogen) atoms. The van der Waals surface area contributed by atoms with E-state index in [1.165, 1.54) is 24.5 Å². The smallest absolute Gasteiger partial charge is 0.308 e. The predicted molar refractivity (Wildman–Crippen MR) is 154 cm³/mol. The van der Waals surface area contributed by atoms with Crippen molar-refractivity contribution < 1.29 is 14.3 Å². The lowest BCUT2D eigenvalue weighted by Crippen LogP contribution is -2.41. The van der Waals surface area contributed by atoms with Gasteiger partial charge in [0.05, 0.1) is 7.11 Å². The zero-order chi connectivity index (χ0) is 27.7. The fourth-order valence-electron chi connectivity index (χ4n) is 5.10. The van der Waals surface area contributed by atoms with Crippen LogP contribution in [0.5, 0.6) is 11.5 Å². The van der Waals surface area contributed by atoms with Gasteiger partial charge in [-0.1, -0.05) is 100 Å². The molecule has 0 saturated heterocycles. The van der Waals surface area contributed by atoms with Crippen LogP contribution in [0.3, 0.4) is 0 Å². The van der Waals surface area contributed by atoms with Crippen LogP contribution in [0.1, 0.15) is 113 Å². The second-order valence-corrected chi connectivity index (χ2v) is 8.78. The third kappa shape index (κ3) is 10.5. The van der Waals surface area contributed by atoms with Crippen molar-refractivity contribution in [1.82, 2.24) is 0 Å². The standard InChI is InChI=1S/C24H30O3.4C2H6/c1-17-14-23(3,4)16-24(15-17,19-6-10-21(26-5)11-7-19)20-8-12-22(13-9-20)27-18(2)25;4*1-2/h6-13,17H,14-16H2,1-5H3;4*1-2H3. The van der Waals surface area contributed by atoms with E-state index in [2.05, 4.69) is 57.2 Å². The molecule has 2 unspecified atom stereocenters. The summed E-state index contributed by atoms with van der Waals surface area (Å²) in [5.41, 5.74) is 2.81. The van der Waals surface area contributed by atoms with Crippen molar-refractivity contribution in [3.05, 3.63) is 59.7 Å². The number of esters is 1. The van der Waals surface area contributed by atoms with E-state index in [0.29, 0.717) is 11.7 Å². The molecule has 0 radical (unpaired) electrons. The van der Waals surface area contributed by atoms with Gasteiger partial charge in [-0.2, -0.15) is 0 Å². The van der Waals surface area contributed by atoms with Crippen molar-refractivity contribution in [3.63, 3.8) is 0 Å². The summed E-state index contributed by atoms with van der Waals surface area (Å²) < 4.78 is 10.6. The lowest BCUT2D eigenvalue weighted by atomic mass is 9.55. The van der Waals surface area contributed by atoms with E-state index < -0.39 is 0 Å². The summed E-state index contributed by atoms with van der Waals surface area (Å²) in [5, 5.41) is 0. The molecule has 0 bridgehead atoms. The second-order valence-electron chi connectivity index (χ2n) is 8.78. The van der Waals surface area contributed by atoms with Crippen LogP contribution in [0.25, 0.3) is 0 Å². The highest BCUT2D eigenvalue weighted by Crippen LogP contribution is 2.53. The Morgan fingerprint density at radius 1 is 0.743 bits per heavy atom. The molecule has 1 aliphatic carbocycles. The summed E-state index contributed by atoms with van der Waals surface area (Å²) in [7, 11) is 1.70. The average molecular weight is 487 g/mol. The minimum atomic E-state index is -0.292. The highest BCUT2D eigenvalue weighted by Gasteiger charge is 2.45. The fourth-order valence-corrected chi connectivity index (χ4v) is 5.10. The molecule has 1 saturated carbocycles. The van der Waals surface area contributed by atoms with Crippen LogP contribution in [-0.4, -0.2) is 13.1 Å². The molecule has 2 aromatic carbocycles. The van der Waals surface area contributed by atoms with Gasteiger partial charge in [-0.05, 0) is 66.0 Å². The Morgan fingerprint density at radius 2 is 1.14 bits per heavy atom. The molecular weight excluding hydrogens is 432 g/mol. The van der Waals surface area contributed by atoms with Crippen LogP contribution in [0.4, 0.5) is 0 Å². The zero-order valence-corrected chi connectivity index (χ0v) is 25.0. The monoisotopic (exact) mass is 486 g/mol. The largest absolute Gasteiger partial charge is 0.497 e. The van der Waals surface area contributed by atoms with E-state index in [9.17, 15) is 4.79 Å². The number of benzene rings is 2. The molecule has 200 valence electrons. The third-order valence-corrected chi connectivity index (χ3v) is 5.69. The Bertz CT molecular complexity index is 791. The number of carbonyl (C=O) groups excluding carboxylic acids is 1. The molecule has 3 heteroatoms. The van der Waals surface area contributed by atoms with Crippen LogP contribution in [0, 0.1) is 11.3 Å². The van der Waals surface area contributed by atoms with E-state index in [4.69, 9.17) is 9.47 Å². The zero-order valence-electron chi connectivity index (χ0n) is 25.0. The molecular formula is C32H54O3. The summed E-state index contributed by atoms with van der Waals surface area (Å²) >= 11 is 0. The maximum Gasteiger partial charge on any atom is 0.308 e. The van der Waals surface area contributed by atoms with Crippen molar-refractivity contribution in [2.45, 2.75) is 108 Å². The number of hydrogen-bond acceptors (Lipinski definition) is 3. The van der Waals surface area contributed by atoms with Gasteiger partial charge in [0.25, 0.3) is 0 Å². The third-order valence-electron chi connectivity index (χ3n) is 5.69. The van der Waals surface area contributed by atoms with Crippen LogP contribution < -0.4 is 9.47 Å². The second kappa shape index (κ2) is 18.0. The Morgan fingerprint density at radius 3 is 1.49 bits per heavy atom. The minimum absolute atomic E-state index is 0.0534. The summed E-state index contributed by atoms with van der Waals surface area (Å²) in [4.78, 5) is 11.2. The van der Waals surface area contributed by atoms with Crippen molar-refractivity contribution in [3.8, 4) is 11.5 Å². The van der Waals surface area contributed by atoms with E-state index >= 15 is 0 Å². The first-order chi connectivity index (χ1) is 16.7. The van der Waals surface area contributed by atoms with Crippen LogP contribution in [-0.2, 0) is 10.2 Å². The fraction of sp³-hybridized carbons (Fsp3) is 0.594. The van der Waals surface area contributed by atoms with Gasteiger partial charge < -0.3 is 9.47 Å². The molecule has 0 aromatic heterocycles. The summed E-state index contributed by atoms with van der Waals surface area (Å²) in [6, 6.07) is 16.6. The number of methoxy groups -OCH3 is 1. The van der Waals surface area contributed by atoms with E-state index in [-0.39, 0.29) is 16.8 Å². The number of ether oxygens (including phenoxy) is 2. The lowest BCUT2D eigenvalue weighted by molar-refractivity contribution is -0.131. The Balaban J connectivity index is 0. The van der Waals surface area contributed by atoms with Gasteiger partial charge in [0.2, 0.25) is 0 Å². The Kier molecular flexibility index (Phi) is 18.0. The summed E-state index contributed by atoms with van der Waals surface area (Å²) in [5.74, 6) is 1.81. The topological polar surface area (TPSA) is 35.5 Å².